The second-order valence-electron chi connectivity index (χ2n) is 6.74. The molecule has 8 heteroatoms. The summed E-state index contributed by atoms with van der Waals surface area (Å²) >= 11 is 0. The van der Waals surface area contributed by atoms with E-state index in [9.17, 15) is 19.5 Å². The highest BCUT2D eigenvalue weighted by atomic mass is 16.6. The third kappa shape index (κ3) is 6.05. The molecule has 0 aromatic carbocycles. The lowest BCUT2D eigenvalue weighted by atomic mass is 9.88. The van der Waals surface area contributed by atoms with Gasteiger partial charge in [0.25, 0.3) is 5.91 Å². The average molecular weight is 329 g/mol. The van der Waals surface area contributed by atoms with Gasteiger partial charge in [0, 0.05) is 12.5 Å². The van der Waals surface area contributed by atoms with Crippen molar-refractivity contribution in [3.05, 3.63) is 0 Å². The maximum atomic E-state index is 12.4. The quantitative estimate of drug-likeness (QED) is 0.493. The Labute approximate surface area is 136 Å². The summed E-state index contributed by atoms with van der Waals surface area (Å²) in [5.74, 6) is -0.738. The fourth-order valence-electron chi connectivity index (χ4n) is 2.69. The number of aliphatic hydroxyl groups excluding tert-OH is 1. The van der Waals surface area contributed by atoms with Gasteiger partial charge in [-0.2, -0.15) is 0 Å². The van der Waals surface area contributed by atoms with Crippen molar-refractivity contribution in [1.29, 1.82) is 0 Å². The van der Waals surface area contributed by atoms with E-state index in [2.05, 4.69) is 10.6 Å². The van der Waals surface area contributed by atoms with Crippen LogP contribution >= 0.6 is 0 Å². The zero-order valence-corrected chi connectivity index (χ0v) is 13.9. The minimum Gasteiger partial charge on any atom is -0.436 e. The van der Waals surface area contributed by atoms with Crippen molar-refractivity contribution in [2.75, 3.05) is 13.2 Å². The van der Waals surface area contributed by atoms with Crippen LogP contribution in [0.2, 0.25) is 0 Å². The smallest absolute Gasteiger partial charge is 0.405 e. The van der Waals surface area contributed by atoms with Crippen LogP contribution in [0.5, 0.6) is 0 Å². The molecule has 1 aliphatic heterocycles. The normalized spacial score (nSPS) is 21.4. The molecule has 1 rings (SSSR count). The molecule has 0 aromatic heterocycles. The number of ether oxygens (including phenoxy) is 1. The molecule has 2 unspecified atom stereocenters. The standard InChI is InChI=1S/C15H27N3O5/c1-9(2)6-11(23-14(16)22)13(21)18-15(3,8-19)7-10-4-5-17-12(10)20/h9-11,19H,4-8H2,1-3H3,(H2,16,22)(H,17,20)(H,18,21)/t10?,11-,15?/m0/s1. The fourth-order valence-corrected chi connectivity index (χ4v) is 2.69. The highest BCUT2D eigenvalue weighted by Crippen LogP contribution is 2.23. The molecular weight excluding hydrogens is 302 g/mol. The predicted octanol–water partition coefficient (Wildman–Crippen LogP) is -0.110. The zero-order valence-electron chi connectivity index (χ0n) is 13.9. The summed E-state index contributed by atoms with van der Waals surface area (Å²) in [4.78, 5) is 35.0. The van der Waals surface area contributed by atoms with Gasteiger partial charge in [-0.3, -0.25) is 9.59 Å². The van der Waals surface area contributed by atoms with Crippen molar-refractivity contribution in [3.63, 3.8) is 0 Å². The van der Waals surface area contributed by atoms with Crippen LogP contribution in [0.25, 0.3) is 0 Å². The highest BCUT2D eigenvalue weighted by molar-refractivity contribution is 5.84. The van der Waals surface area contributed by atoms with Gasteiger partial charge in [-0.05, 0) is 32.1 Å². The van der Waals surface area contributed by atoms with E-state index in [0.29, 0.717) is 25.8 Å². The minimum absolute atomic E-state index is 0.0777. The zero-order chi connectivity index (χ0) is 17.6. The van der Waals surface area contributed by atoms with Crippen molar-refractivity contribution < 1.29 is 24.2 Å². The van der Waals surface area contributed by atoms with E-state index >= 15 is 0 Å². The molecule has 0 spiro atoms. The highest BCUT2D eigenvalue weighted by Gasteiger charge is 2.36. The Balaban J connectivity index is 2.74. The van der Waals surface area contributed by atoms with Gasteiger partial charge >= 0.3 is 6.09 Å². The van der Waals surface area contributed by atoms with Crippen molar-refractivity contribution in [3.8, 4) is 0 Å². The summed E-state index contributed by atoms with van der Waals surface area (Å²) in [5, 5.41) is 15.1. The monoisotopic (exact) mass is 329 g/mol. The Morgan fingerprint density at radius 2 is 2.17 bits per heavy atom. The van der Waals surface area contributed by atoms with Crippen molar-refractivity contribution in [2.45, 2.75) is 51.7 Å². The second kappa shape index (κ2) is 8.14. The Morgan fingerprint density at radius 1 is 1.52 bits per heavy atom. The third-order valence-corrected chi connectivity index (χ3v) is 3.87. The molecule has 1 saturated heterocycles. The number of primary amides is 1. The van der Waals surface area contributed by atoms with Gasteiger partial charge in [-0.1, -0.05) is 13.8 Å². The van der Waals surface area contributed by atoms with E-state index in [1.54, 1.807) is 6.92 Å². The van der Waals surface area contributed by atoms with Gasteiger partial charge in [0.2, 0.25) is 5.91 Å². The summed E-state index contributed by atoms with van der Waals surface area (Å²) in [6.07, 6.45) is -0.744. The molecule has 1 fully saturated rings. The molecule has 0 aliphatic carbocycles. The lowest BCUT2D eigenvalue weighted by Crippen LogP contribution is -2.54. The van der Waals surface area contributed by atoms with Crippen LogP contribution < -0.4 is 16.4 Å². The number of amides is 3. The Bertz CT molecular complexity index is 454. The Morgan fingerprint density at radius 3 is 2.61 bits per heavy atom. The molecule has 132 valence electrons. The SMILES string of the molecule is CC(C)C[C@H](OC(N)=O)C(=O)NC(C)(CO)CC1CCNC1=O. The maximum absolute atomic E-state index is 12.4. The van der Waals surface area contributed by atoms with Crippen LogP contribution in [0.3, 0.4) is 0 Å². The van der Waals surface area contributed by atoms with Gasteiger partial charge < -0.3 is 26.2 Å². The number of carbonyl (C=O) groups excluding carboxylic acids is 3. The first-order valence-corrected chi connectivity index (χ1v) is 7.83. The molecule has 23 heavy (non-hydrogen) atoms. The van der Waals surface area contributed by atoms with E-state index < -0.39 is 23.6 Å². The average Bonchev–Trinajstić information content (AvgIpc) is 2.82. The van der Waals surface area contributed by atoms with Gasteiger partial charge in [-0.25, -0.2) is 4.79 Å². The van der Waals surface area contributed by atoms with Crippen molar-refractivity contribution in [2.24, 2.45) is 17.6 Å². The minimum atomic E-state index is -1.02. The van der Waals surface area contributed by atoms with Crippen molar-refractivity contribution >= 4 is 17.9 Å². The number of hydrogen-bond acceptors (Lipinski definition) is 5. The summed E-state index contributed by atoms with van der Waals surface area (Å²) in [7, 11) is 0. The van der Waals surface area contributed by atoms with Crippen LogP contribution in [0.15, 0.2) is 0 Å². The topological polar surface area (TPSA) is 131 Å². The summed E-state index contributed by atoms with van der Waals surface area (Å²) in [6, 6.07) is 0. The van der Waals surface area contributed by atoms with Crippen LogP contribution in [0.1, 0.15) is 40.0 Å². The van der Waals surface area contributed by atoms with Gasteiger partial charge in [0.05, 0.1) is 12.1 Å². The van der Waals surface area contributed by atoms with Crippen LogP contribution in [-0.2, 0) is 14.3 Å². The van der Waals surface area contributed by atoms with E-state index in [1.807, 2.05) is 13.8 Å². The van der Waals surface area contributed by atoms with Gasteiger partial charge in [0.15, 0.2) is 6.10 Å². The van der Waals surface area contributed by atoms with E-state index in [1.165, 1.54) is 0 Å². The first kappa shape index (κ1) is 19.2. The summed E-state index contributed by atoms with van der Waals surface area (Å²) < 4.78 is 4.87. The molecule has 1 heterocycles. The molecule has 3 amide bonds. The molecule has 1 aliphatic rings. The lowest BCUT2D eigenvalue weighted by molar-refractivity contribution is -0.133. The number of hydrogen-bond donors (Lipinski definition) is 4. The van der Waals surface area contributed by atoms with Gasteiger partial charge in [0.1, 0.15) is 0 Å². The summed E-state index contributed by atoms with van der Waals surface area (Å²) in [5.41, 5.74) is 4.04. The first-order valence-electron chi connectivity index (χ1n) is 7.83. The molecule has 0 saturated carbocycles. The van der Waals surface area contributed by atoms with Crippen LogP contribution in [0, 0.1) is 11.8 Å². The van der Waals surface area contributed by atoms with E-state index in [4.69, 9.17) is 10.5 Å². The van der Waals surface area contributed by atoms with E-state index in [-0.39, 0.29) is 24.3 Å². The van der Waals surface area contributed by atoms with Gasteiger partial charge in [-0.15, -0.1) is 0 Å². The largest absolute Gasteiger partial charge is 0.436 e. The maximum Gasteiger partial charge on any atom is 0.405 e. The van der Waals surface area contributed by atoms with Crippen molar-refractivity contribution in [1.82, 2.24) is 10.6 Å². The number of rotatable bonds is 8. The molecule has 0 bridgehead atoms. The summed E-state index contributed by atoms with van der Waals surface area (Å²) in [6.45, 7) is 5.71. The molecule has 0 radical (unpaired) electrons. The number of carbonyl (C=O) groups is 3. The Hall–Kier alpha value is -1.83. The molecular formula is C15H27N3O5. The fraction of sp³-hybridized carbons (Fsp3) is 0.800. The molecule has 8 nitrogen and oxygen atoms in total. The molecule has 3 atom stereocenters. The first-order chi connectivity index (χ1) is 10.7. The van der Waals surface area contributed by atoms with Crippen LogP contribution in [0.4, 0.5) is 4.79 Å². The number of nitrogens with one attached hydrogen (secondary N) is 2. The molecule has 0 aromatic rings. The number of nitrogens with two attached hydrogens (primary N) is 1. The third-order valence-electron chi connectivity index (χ3n) is 3.87. The van der Waals surface area contributed by atoms with Crippen LogP contribution in [-0.4, -0.2) is 47.8 Å². The predicted molar refractivity (Wildman–Crippen MR) is 83.3 cm³/mol. The Kier molecular flexibility index (Phi) is 6.80. The lowest BCUT2D eigenvalue weighted by Gasteiger charge is -2.32. The number of aliphatic hydroxyl groups is 1. The van der Waals surface area contributed by atoms with E-state index in [0.717, 1.165) is 0 Å². The second-order valence-corrected chi connectivity index (χ2v) is 6.74. The molecule has 5 N–H and O–H groups in total.